The van der Waals surface area contributed by atoms with Crippen molar-refractivity contribution >= 4 is 16.7 Å². The molecule has 2 saturated carbocycles. The Morgan fingerprint density at radius 1 is 1.02 bits per heavy atom. The lowest BCUT2D eigenvalue weighted by atomic mass is 9.64. The lowest BCUT2D eigenvalue weighted by molar-refractivity contribution is -0.0857. The van der Waals surface area contributed by atoms with Gasteiger partial charge in [0.05, 0.1) is 11.7 Å². The van der Waals surface area contributed by atoms with E-state index in [9.17, 15) is 15.0 Å². The number of fused-ring (bicyclic) bond motifs is 11. The number of rotatable bonds is 4. The van der Waals surface area contributed by atoms with Crippen LogP contribution in [-0.4, -0.2) is 50.7 Å². The van der Waals surface area contributed by atoms with E-state index in [4.69, 9.17) is 0 Å². The maximum atomic E-state index is 14.3. The third-order valence-corrected chi connectivity index (χ3v) is 12.4. The summed E-state index contributed by atoms with van der Waals surface area (Å²) in [6.45, 7) is 6.92. The first-order valence-electron chi connectivity index (χ1n) is 17.8. The fourth-order valence-electron chi connectivity index (χ4n) is 9.55. The Bertz CT molecular complexity index is 1580. The molecule has 240 valence electrons. The molecule has 0 amide bonds. The molecule has 2 aromatic carbocycles. The van der Waals surface area contributed by atoms with Gasteiger partial charge in [0.1, 0.15) is 0 Å². The fourth-order valence-corrected chi connectivity index (χ4v) is 9.55. The molecule has 2 heterocycles. The molecule has 1 aliphatic heterocycles. The molecule has 5 nitrogen and oxygen atoms in total. The number of aliphatic hydroxyl groups is 2. The Labute approximate surface area is 269 Å². The maximum absolute atomic E-state index is 14.3. The highest BCUT2D eigenvalue weighted by Gasteiger charge is 2.57. The van der Waals surface area contributed by atoms with Gasteiger partial charge >= 0.3 is 0 Å². The molecular weight excluding hydrogens is 556 g/mol. The van der Waals surface area contributed by atoms with Gasteiger partial charge in [0, 0.05) is 53.1 Å². The molecule has 0 saturated heterocycles. The van der Waals surface area contributed by atoms with Crippen molar-refractivity contribution in [3.8, 4) is 0 Å². The first-order valence-corrected chi connectivity index (χ1v) is 17.8. The van der Waals surface area contributed by atoms with E-state index in [1.165, 1.54) is 34.2 Å². The summed E-state index contributed by atoms with van der Waals surface area (Å²) < 4.78 is 0. The predicted octanol–water partition coefficient (Wildman–Crippen LogP) is 8.03. The Hall–Kier alpha value is -2.73. The second-order valence-electron chi connectivity index (χ2n) is 15.2. The van der Waals surface area contributed by atoms with E-state index in [2.05, 4.69) is 72.3 Å². The standard InChI is InChI=1S/C40H52N2O3/c1-27-9-8-20-39(2)35(18-21-40(39,45)26-42-22-19-33-32-12-6-7-13-36(32)41-37(33)25-42)31-17-15-28(23-30(43)16-14-27)24-34(31)38(44)29-10-4-3-5-11-29/h6-7,9,12-13,15,17,24,29-30,35,41,43,45H,3-5,8,10-11,14,16,18-23,25-26H2,1-2H3/t30-,35-,39-,40+/m0/s1. The molecule has 4 atom stereocenters. The second-order valence-corrected chi connectivity index (χ2v) is 15.2. The van der Waals surface area contributed by atoms with Gasteiger partial charge in [0.15, 0.2) is 5.78 Å². The topological polar surface area (TPSA) is 76.6 Å². The highest BCUT2D eigenvalue weighted by molar-refractivity contribution is 5.99. The minimum atomic E-state index is -0.861. The fraction of sp³-hybridized carbons (Fsp3) is 0.575. The number of aromatic amines is 1. The van der Waals surface area contributed by atoms with Gasteiger partial charge in [-0.05, 0) is 106 Å². The highest BCUT2D eigenvalue weighted by Crippen LogP contribution is 2.59. The molecule has 0 radical (unpaired) electrons. The summed E-state index contributed by atoms with van der Waals surface area (Å²) in [5.74, 6) is 0.491. The number of hydrogen-bond acceptors (Lipinski definition) is 4. The summed E-state index contributed by atoms with van der Waals surface area (Å²) >= 11 is 0. The van der Waals surface area contributed by atoms with Crippen molar-refractivity contribution in [1.29, 1.82) is 0 Å². The van der Waals surface area contributed by atoms with E-state index in [0.29, 0.717) is 18.7 Å². The van der Waals surface area contributed by atoms with Crippen LogP contribution < -0.4 is 0 Å². The lowest BCUT2D eigenvalue weighted by Gasteiger charge is -2.46. The highest BCUT2D eigenvalue weighted by atomic mass is 16.3. The number of β-amino-alcohol motifs (C(OH)–C–C–N with tert-alkyl or cyclic N) is 1. The van der Waals surface area contributed by atoms with Gasteiger partial charge in [-0.3, -0.25) is 9.69 Å². The number of hydrogen-bond donors (Lipinski definition) is 3. The first-order chi connectivity index (χ1) is 21.7. The van der Waals surface area contributed by atoms with Gasteiger partial charge in [-0.25, -0.2) is 0 Å². The molecule has 2 bridgehead atoms. The molecule has 3 N–H and O–H groups in total. The van der Waals surface area contributed by atoms with E-state index in [1.807, 2.05) is 0 Å². The van der Waals surface area contributed by atoms with Crippen LogP contribution in [0.2, 0.25) is 0 Å². The average Bonchev–Trinajstić information content (AvgIpc) is 3.53. The first kappa shape index (κ1) is 30.9. The van der Waals surface area contributed by atoms with E-state index in [1.54, 1.807) is 0 Å². The van der Waals surface area contributed by atoms with E-state index in [-0.39, 0.29) is 17.3 Å². The summed E-state index contributed by atoms with van der Waals surface area (Å²) in [5, 5.41) is 25.1. The molecule has 0 spiro atoms. The minimum absolute atomic E-state index is 0.0903. The normalized spacial score (nSPS) is 30.1. The smallest absolute Gasteiger partial charge is 0.166 e. The number of aromatic nitrogens is 1. The number of nitrogens with one attached hydrogen (secondary N) is 1. The molecular formula is C40H52N2O3. The van der Waals surface area contributed by atoms with Crippen molar-refractivity contribution in [3.63, 3.8) is 0 Å². The van der Waals surface area contributed by atoms with Crippen LogP contribution in [0.3, 0.4) is 0 Å². The number of carbonyl (C=O) groups is 1. The van der Waals surface area contributed by atoms with Crippen LogP contribution in [0.5, 0.6) is 0 Å². The summed E-state index contributed by atoms with van der Waals surface area (Å²) in [7, 11) is 0. The molecule has 1 aromatic heterocycles. The number of ketones is 1. The monoisotopic (exact) mass is 608 g/mol. The van der Waals surface area contributed by atoms with Gasteiger partial charge in [-0.1, -0.05) is 68.2 Å². The SMILES string of the molecule is CC1=CCC[C@@]2(C)[C@@H](CC[C@@]2(O)CN2CCc3c([nH]c4ccccc34)C2)c2ccc(cc2C(=O)C2CCCCC2)C[C@@H](O)CC1. The average molecular weight is 609 g/mol. The van der Waals surface area contributed by atoms with Crippen molar-refractivity contribution in [1.82, 2.24) is 9.88 Å². The Morgan fingerprint density at radius 3 is 2.69 bits per heavy atom. The summed E-state index contributed by atoms with van der Waals surface area (Å²) in [5.41, 5.74) is 7.06. The van der Waals surface area contributed by atoms with E-state index >= 15 is 0 Å². The van der Waals surface area contributed by atoms with Crippen LogP contribution in [0, 0.1) is 11.3 Å². The number of carbonyl (C=O) groups excluding carboxylic acids is 1. The zero-order chi connectivity index (χ0) is 31.2. The minimum Gasteiger partial charge on any atom is -0.393 e. The molecule has 4 aliphatic carbocycles. The van der Waals surface area contributed by atoms with Crippen LogP contribution in [-0.2, 0) is 19.4 Å². The molecule has 3 aromatic rings. The van der Waals surface area contributed by atoms with Crippen LogP contribution in [0.25, 0.3) is 10.9 Å². The van der Waals surface area contributed by atoms with Gasteiger partial charge < -0.3 is 15.2 Å². The Morgan fingerprint density at radius 2 is 1.84 bits per heavy atom. The maximum Gasteiger partial charge on any atom is 0.166 e. The number of benzene rings is 2. The van der Waals surface area contributed by atoms with Crippen molar-refractivity contribution in [2.45, 2.75) is 121 Å². The van der Waals surface area contributed by atoms with E-state index in [0.717, 1.165) is 100 Å². The van der Waals surface area contributed by atoms with Crippen LogP contribution >= 0.6 is 0 Å². The molecule has 45 heavy (non-hydrogen) atoms. The Kier molecular flexibility index (Phi) is 8.56. The van der Waals surface area contributed by atoms with Gasteiger partial charge in [-0.2, -0.15) is 0 Å². The summed E-state index contributed by atoms with van der Waals surface area (Å²) in [6.07, 6.45) is 13.9. The quantitative estimate of drug-likeness (QED) is 0.207. The number of allylic oxidation sites excluding steroid dienone is 2. The van der Waals surface area contributed by atoms with E-state index < -0.39 is 11.7 Å². The van der Waals surface area contributed by atoms with Crippen molar-refractivity contribution < 1.29 is 15.0 Å². The predicted molar refractivity (Wildman–Crippen MR) is 182 cm³/mol. The van der Waals surface area contributed by atoms with Crippen LogP contribution in [0.4, 0.5) is 0 Å². The molecule has 0 unspecified atom stereocenters. The lowest BCUT2D eigenvalue weighted by Crippen LogP contribution is -2.53. The van der Waals surface area contributed by atoms with Crippen molar-refractivity contribution in [2.75, 3.05) is 13.1 Å². The van der Waals surface area contributed by atoms with Crippen molar-refractivity contribution in [2.24, 2.45) is 11.3 Å². The van der Waals surface area contributed by atoms with Crippen LogP contribution in [0.15, 0.2) is 54.1 Å². The number of nitrogens with zero attached hydrogens (tertiary/aromatic N) is 1. The summed E-state index contributed by atoms with van der Waals surface area (Å²) in [4.78, 5) is 20.4. The number of H-pyrrole nitrogens is 1. The Balaban J connectivity index is 1.24. The molecule has 8 rings (SSSR count). The van der Waals surface area contributed by atoms with Crippen molar-refractivity contribution in [3.05, 3.63) is 82.1 Å². The number of Topliss-reactive ketones (excluding diaryl/α,β-unsaturated/α-hetero) is 1. The zero-order valence-corrected chi connectivity index (χ0v) is 27.4. The number of para-hydroxylation sites is 1. The van der Waals surface area contributed by atoms with Gasteiger partial charge in [0.25, 0.3) is 0 Å². The molecule has 5 aliphatic rings. The van der Waals surface area contributed by atoms with Crippen LogP contribution in [0.1, 0.15) is 123 Å². The number of aliphatic hydroxyl groups excluding tert-OH is 1. The second kappa shape index (κ2) is 12.5. The van der Waals surface area contributed by atoms with Gasteiger partial charge in [-0.15, -0.1) is 0 Å². The third kappa shape index (κ3) is 5.85. The largest absolute Gasteiger partial charge is 0.393 e. The van der Waals surface area contributed by atoms with Gasteiger partial charge in [0.2, 0.25) is 0 Å². The zero-order valence-electron chi connectivity index (χ0n) is 27.4. The summed E-state index contributed by atoms with van der Waals surface area (Å²) in [6, 6.07) is 15.1. The molecule has 2 fully saturated rings. The third-order valence-electron chi connectivity index (χ3n) is 12.4. The molecule has 5 heteroatoms.